The lowest BCUT2D eigenvalue weighted by Crippen LogP contribution is -2.34. The highest BCUT2D eigenvalue weighted by atomic mass is 32.1. The summed E-state index contributed by atoms with van der Waals surface area (Å²) in [7, 11) is 0. The van der Waals surface area contributed by atoms with Crippen LogP contribution in [0.25, 0.3) is 0 Å². The summed E-state index contributed by atoms with van der Waals surface area (Å²) < 4.78 is 5.25. The number of carbonyl (C=O) groups excluding carboxylic acids is 2. The van der Waals surface area contributed by atoms with Crippen LogP contribution in [0.4, 0.5) is 5.00 Å². The van der Waals surface area contributed by atoms with Gasteiger partial charge in [-0.2, -0.15) is 0 Å². The number of carbonyl (C=O) groups is 2. The summed E-state index contributed by atoms with van der Waals surface area (Å²) in [6, 6.07) is 5.79. The van der Waals surface area contributed by atoms with E-state index < -0.39 is 0 Å². The number of hydrogen-bond donors (Lipinski definition) is 0. The molecule has 2 amide bonds. The average Bonchev–Trinajstić information content (AvgIpc) is 3.29. The van der Waals surface area contributed by atoms with Gasteiger partial charge in [-0.1, -0.05) is 0 Å². The van der Waals surface area contributed by atoms with Crippen molar-refractivity contribution in [2.45, 2.75) is 26.7 Å². The van der Waals surface area contributed by atoms with Gasteiger partial charge in [-0.05, 0) is 38.5 Å². The van der Waals surface area contributed by atoms with E-state index in [0.717, 1.165) is 11.4 Å². The Morgan fingerprint density at radius 3 is 2.75 bits per heavy atom. The Morgan fingerprint density at radius 1 is 1.25 bits per heavy atom. The first-order valence-electron chi connectivity index (χ1n) is 8.18. The summed E-state index contributed by atoms with van der Waals surface area (Å²) >= 11 is 1.65. The summed E-state index contributed by atoms with van der Waals surface area (Å²) in [4.78, 5) is 30.2. The molecule has 2 aromatic rings. The molecule has 24 heavy (non-hydrogen) atoms. The zero-order valence-electron chi connectivity index (χ0n) is 13.9. The molecule has 0 saturated carbocycles. The molecule has 4 heterocycles. The second-order valence-corrected chi connectivity index (χ2v) is 8.17. The number of likely N-dealkylation sites (tertiary alicyclic amines) is 1. The van der Waals surface area contributed by atoms with E-state index in [-0.39, 0.29) is 17.2 Å². The molecule has 4 rings (SSSR count). The summed E-state index contributed by atoms with van der Waals surface area (Å²) in [5.41, 5.74) is 0.518. The van der Waals surface area contributed by atoms with Gasteiger partial charge in [0.05, 0.1) is 16.8 Å². The van der Waals surface area contributed by atoms with Crippen molar-refractivity contribution in [3.8, 4) is 0 Å². The lowest BCUT2D eigenvalue weighted by molar-refractivity contribution is -0.117. The third-order valence-corrected chi connectivity index (χ3v) is 6.15. The molecular formula is C18H20N2O3S. The van der Waals surface area contributed by atoms with Gasteiger partial charge >= 0.3 is 0 Å². The highest BCUT2D eigenvalue weighted by molar-refractivity contribution is 7.16. The van der Waals surface area contributed by atoms with Crippen LogP contribution in [0.1, 0.15) is 33.8 Å². The van der Waals surface area contributed by atoms with Crippen molar-refractivity contribution < 1.29 is 14.0 Å². The predicted octanol–water partition coefficient (Wildman–Crippen LogP) is 3.23. The van der Waals surface area contributed by atoms with E-state index in [4.69, 9.17) is 4.42 Å². The largest absolute Gasteiger partial charge is 0.469 e. The van der Waals surface area contributed by atoms with Crippen molar-refractivity contribution in [1.82, 2.24) is 4.90 Å². The number of amides is 2. The number of aryl methyl sites for hydroxylation is 2. The third kappa shape index (κ3) is 2.45. The Kier molecular flexibility index (Phi) is 3.53. The van der Waals surface area contributed by atoms with Gasteiger partial charge in [0, 0.05) is 36.3 Å². The van der Waals surface area contributed by atoms with E-state index in [1.807, 2.05) is 28.9 Å². The second kappa shape index (κ2) is 5.48. The van der Waals surface area contributed by atoms with Gasteiger partial charge in [0.15, 0.2) is 0 Å². The van der Waals surface area contributed by atoms with Crippen LogP contribution in [-0.2, 0) is 4.79 Å². The van der Waals surface area contributed by atoms with E-state index in [0.29, 0.717) is 37.4 Å². The molecule has 2 aliphatic rings. The molecule has 2 saturated heterocycles. The topological polar surface area (TPSA) is 53.8 Å². The minimum atomic E-state index is -0.109. The predicted molar refractivity (Wildman–Crippen MR) is 92.4 cm³/mol. The van der Waals surface area contributed by atoms with Crippen LogP contribution in [0.5, 0.6) is 0 Å². The second-order valence-electron chi connectivity index (χ2n) is 6.91. The van der Waals surface area contributed by atoms with Crippen LogP contribution < -0.4 is 4.90 Å². The van der Waals surface area contributed by atoms with Crippen LogP contribution in [0.2, 0.25) is 0 Å². The van der Waals surface area contributed by atoms with Gasteiger partial charge < -0.3 is 14.2 Å². The molecule has 126 valence electrons. The zero-order valence-corrected chi connectivity index (χ0v) is 14.7. The molecule has 5 nitrogen and oxygen atoms in total. The van der Waals surface area contributed by atoms with E-state index in [1.54, 1.807) is 30.6 Å². The van der Waals surface area contributed by atoms with Crippen LogP contribution in [-0.4, -0.2) is 36.3 Å². The number of nitrogens with zero attached hydrogens (tertiary/aromatic N) is 2. The van der Waals surface area contributed by atoms with Crippen LogP contribution in [0, 0.1) is 19.3 Å². The van der Waals surface area contributed by atoms with Crippen molar-refractivity contribution in [1.29, 1.82) is 0 Å². The van der Waals surface area contributed by atoms with Crippen LogP contribution in [0.3, 0.4) is 0 Å². The number of hydrogen-bond acceptors (Lipinski definition) is 4. The van der Waals surface area contributed by atoms with Crippen molar-refractivity contribution >= 4 is 28.2 Å². The van der Waals surface area contributed by atoms with Gasteiger partial charge in [0.1, 0.15) is 5.76 Å². The molecule has 2 aliphatic heterocycles. The molecule has 1 spiro atoms. The minimum absolute atomic E-state index is 0.0102. The highest BCUT2D eigenvalue weighted by Gasteiger charge is 2.49. The smallest absolute Gasteiger partial charge is 0.257 e. The lowest BCUT2D eigenvalue weighted by Gasteiger charge is -2.23. The summed E-state index contributed by atoms with van der Waals surface area (Å²) in [5, 5.41) is 1.02. The van der Waals surface area contributed by atoms with E-state index in [2.05, 4.69) is 0 Å². The molecule has 0 unspecified atom stereocenters. The zero-order chi connectivity index (χ0) is 16.9. The summed E-state index contributed by atoms with van der Waals surface area (Å²) in [5.74, 6) is 0.834. The quantitative estimate of drug-likeness (QED) is 0.840. The van der Waals surface area contributed by atoms with E-state index in [1.165, 1.54) is 4.88 Å². The molecule has 0 aliphatic carbocycles. The Labute approximate surface area is 144 Å². The molecule has 6 heteroatoms. The maximum atomic E-state index is 12.7. The monoisotopic (exact) mass is 344 g/mol. The third-order valence-electron chi connectivity index (χ3n) is 5.13. The van der Waals surface area contributed by atoms with Gasteiger partial charge in [0.25, 0.3) is 5.91 Å². The molecule has 1 atom stereocenters. The first kappa shape index (κ1) is 15.4. The van der Waals surface area contributed by atoms with Gasteiger partial charge in [-0.25, -0.2) is 0 Å². The maximum absolute atomic E-state index is 12.7. The summed E-state index contributed by atoms with van der Waals surface area (Å²) in [6.07, 6.45) is 2.95. The molecule has 0 radical (unpaired) electrons. The molecule has 2 aromatic heterocycles. The Bertz CT molecular complexity index is 809. The Balaban J connectivity index is 1.51. The lowest BCUT2D eigenvalue weighted by atomic mass is 9.86. The Morgan fingerprint density at radius 2 is 2.08 bits per heavy atom. The summed E-state index contributed by atoms with van der Waals surface area (Å²) in [6.45, 7) is 5.91. The molecule has 0 N–H and O–H groups in total. The van der Waals surface area contributed by atoms with Gasteiger partial charge in [-0.3, -0.25) is 9.59 Å². The van der Waals surface area contributed by atoms with E-state index in [9.17, 15) is 9.59 Å². The molecule has 2 fully saturated rings. The molecular weight excluding hydrogens is 324 g/mol. The molecule has 0 bridgehead atoms. The van der Waals surface area contributed by atoms with Crippen molar-refractivity contribution in [3.63, 3.8) is 0 Å². The standard InChI is InChI=1S/C18H20N2O3S/c1-12-3-4-16(24-12)20-11-18(9-15(20)21)6-7-19(10-18)17(22)14-5-8-23-13(14)2/h3-5,8H,6-7,9-11H2,1-2H3/t18-/m1/s1. The number of anilines is 1. The van der Waals surface area contributed by atoms with Crippen LogP contribution >= 0.6 is 11.3 Å². The number of furan rings is 1. The van der Waals surface area contributed by atoms with Crippen molar-refractivity contribution in [2.24, 2.45) is 5.41 Å². The van der Waals surface area contributed by atoms with Crippen molar-refractivity contribution in [2.75, 3.05) is 24.5 Å². The normalized spacial score (nSPS) is 23.7. The molecule has 0 aromatic carbocycles. The van der Waals surface area contributed by atoms with Gasteiger partial charge in [-0.15, -0.1) is 11.3 Å². The fourth-order valence-corrected chi connectivity index (χ4v) is 4.70. The minimum Gasteiger partial charge on any atom is -0.469 e. The Hall–Kier alpha value is -2.08. The van der Waals surface area contributed by atoms with E-state index >= 15 is 0 Å². The highest BCUT2D eigenvalue weighted by Crippen LogP contribution is 2.43. The van der Waals surface area contributed by atoms with Crippen molar-refractivity contribution in [3.05, 3.63) is 40.7 Å². The first-order chi connectivity index (χ1) is 11.5. The fraction of sp³-hybridized carbons (Fsp3) is 0.444. The van der Waals surface area contributed by atoms with Crippen LogP contribution in [0.15, 0.2) is 28.9 Å². The maximum Gasteiger partial charge on any atom is 0.257 e. The fourth-order valence-electron chi connectivity index (χ4n) is 3.82. The van der Waals surface area contributed by atoms with Gasteiger partial charge in [0.2, 0.25) is 5.91 Å². The SMILES string of the molecule is Cc1ccc(N2C[C@]3(CCN(C(=O)c4ccoc4C)C3)CC2=O)s1. The average molecular weight is 344 g/mol. The first-order valence-corrected chi connectivity index (χ1v) is 8.99. The number of thiophene rings is 1. The number of rotatable bonds is 2.